The van der Waals surface area contributed by atoms with Crippen LogP contribution in [0.1, 0.15) is 21.7 Å². The van der Waals surface area contributed by atoms with Crippen molar-refractivity contribution in [2.24, 2.45) is 0 Å². The highest BCUT2D eigenvalue weighted by atomic mass is 32.1. The number of fused-ring (bicyclic) bond motifs is 1. The predicted octanol–water partition coefficient (Wildman–Crippen LogP) is 5.43. The van der Waals surface area contributed by atoms with Gasteiger partial charge in [0.25, 0.3) is 5.91 Å². The Morgan fingerprint density at radius 1 is 1.00 bits per heavy atom. The van der Waals surface area contributed by atoms with Gasteiger partial charge in [-0.1, -0.05) is 18.2 Å². The van der Waals surface area contributed by atoms with Crippen molar-refractivity contribution in [3.63, 3.8) is 0 Å². The summed E-state index contributed by atoms with van der Waals surface area (Å²) in [5, 5.41) is 3.11. The summed E-state index contributed by atoms with van der Waals surface area (Å²) in [6, 6.07) is 15.4. The topological polar surface area (TPSA) is 46.1 Å². The second kappa shape index (κ2) is 6.89. The number of pyridine rings is 1. The number of rotatable bonds is 3. The van der Waals surface area contributed by atoms with Crippen molar-refractivity contribution < 1.29 is 9.18 Å². The summed E-state index contributed by atoms with van der Waals surface area (Å²) in [7, 11) is 0. The number of thiazole rings is 1. The van der Waals surface area contributed by atoms with Crippen LogP contribution in [-0.2, 0) is 0 Å². The van der Waals surface area contributed by atoms with Gasteiger partial charge in [-0.15, -0.1) is 11.3 Å². The van der Waals surface area contributed by atoms with E-state index in [4.69, 9.17) is 0 Å². The third-order valence-corrected chi connectivity index (χ3v) is 5.09. The van der Waals surface area contributed by atoms with Crippen LogP contribution in [-0.4, -0.2) is 15.9 Å². The van der Waals surface area contributed by atoms with Gasteiger partial charge in [-0.2, -0.15) is 0 Å². The zero-order valence-corrected chi connectivity index (χ0v) is 15.6. The van der Waals surface area contributed by atoms with Gasteiger partial charge in [0.15, 0.2) is 5.13 Å². The molecule has 0 N–H and O–H groups in total. The van der Waals surface area contributed by atoms with Crippen LogP contribution >= 0.6 is 11.3 Å². The minimum atomic E-state index is -0.380. The predicted molar refractivity (Wildman–Crippen MR) is 106 cm³/mol. The van der Waals surface area contributed by atoms with E-state index < -0.39 is 0 Å². The van der Waals surface area contributed by atoms with E-state index in [1.807, 2.05) is 42.6 Å². The minimum absolute atomic E-state index is 0.224. The first kappa shape index (κ1) is 17.3. The maximum Gasteiger partial charge on any atom is 0.265 e. The Kier molecular flexibility index (Phi) is 4.41. The first-order chi connectivity index (χ1) is 13.0. The van der Waals surface area contributed by atoms with Crippen LogP contribution in [0.15, 0.2) is 60.0 Å². The van der Waals surface area contributed by atoms with Crippen molar-refractivity contribution in [1.29, 1.82) is 0 Å². The Morgan fingerprint density at radius 2 is 1.78 bits per heavy atom. The van der Waals surface area contributed by atoms with E-state index in [0.29, 0.717) is 27.3 Å². The number of benzene rings is 2. The molecule has 0 saturated carbocycles. The summed E-state index contributed by atoms with van der Waals surface area (Å²) in [5.41, 5.74) is 3.15. The molecular formula is C21H16FN3OS. The fourth-order valence-electron chi connectivity index (χ4n) is 2.97. The fourth-order valence-corrected chi connectivity index (χ4v) is 3.79. The van der Waals surface area contributed by atoms with Crippen molar-refractivity contribution in [2.45, 2.75) is 13.8 Å². The van der Waals surface area contributed by atoms with E-state index in [1.54, 1.807) is 24.0 Å². The summed E-state index contributed by atoms with van der Waals surface area (Å²) in [6.07, 6.45) is 0. The molecule has 27 heavy (non-hydrogen) atoms. The zero-order valence-electron chi connectivity index (χ0n) is 14.8. The standard InChI is InChI=1S/C21H16FN3OS/c1-13-10-18(17-9-8-15(22)11-19(17)23-13)20(26)25(16-6-4-3-5-7-16)21-24-14(2)12-27-21/h3-12H,1-2H3. The minimum Gasteiger partial charge on any atom is -0.268 e. The van der Waals surface area contributed by atoms with E-state index in [2.05, 4.69) is 9.97 Å². The molecule has 0 bridgehead atoms. The average Bonchev–Trinajstić information content (AvgIpc) is 3.07. The molecule has 4 aromatic rings. The first-order valence-electron chi connectivity index (χ1n) is 8.41. The number of para-hydroxylation sites is 1. The number of halogens is 1. The van der Waals surface area contributed by atoms with Gasteiger partial charge in [0.1, 0.15) is 5.82 Å². The average molecular weight is 377 g/mol. The molecule has 134 valence electrons. The third kappa shape index (κ3) is 3.31. The Labute approximate surface area is 159 Å². The molecule has 0 unspecified atom stereocenters. The number of aromatic nitrogens is 2. The lowest BCUT2D eigenvalue weighted by molar-refractivity contribution is 0.100. The Hall–Kier alpha value is -3.12. The highest BCUT2D eigenvalue weighted by molar-refractivity contribution is 7.14. The molecule has 0 aliphatic heterocycles. The van der Waals surface area contributed by atoms with Crippen LogP contribution in [0.4, 0.5) is 15.2 Å². The van der Waals surface area contributed by atoms with Crippen LogP contribution in [0.25, 0.3) is 10.9 Å². The van der Waals surface area contributed by atoms with Gasteiger partial charge in [0, 0.05) is 22.5 Å². The molecule has 0 spiro atoms. The molecule has 6 heteroatoms. The number of aryl methyl sites for hydroxylation is 2. The smallest absolute Gasteiger partial charge is 0.265 e. The number of anilines is 2. The second-order valence-electron chi connectivity index (χ2n) is 6.22. The maximum atomic E-state index is 13.6. The van der Waals surface area contributed by atoms with Crippen LogP contribution < -0.4 is 4.90 Å². The zero-order chi connectivity index (χ0) is 19.0. The maximum absolute atomic E-state index is 13.6. The number of hydrogen-bond acceptors (Lipinski definition) is 4. The van der Waals surface area contributed by atoms with Crippen LogP contribution in [0.3, 0.4) is 0 Å². The SMILES string of the molecule is Cc1csc(N(C(=O)c2cc(C)nc3cc(F)ccc23)c2ccccc2)n1. The van der Waals surface area contributed by atoms with Crippen molar-refractivity contribution in [3.8, 4) is 0 Å². The van der Waals surface area contributed by atoms with Crippen LogP contribution in [0.2, 0.25) is 0 Å². The van der Waals surface area contributed by atoms with Crippen LogP contribution in [0.5, 0.6) is 0 Å². The molecule has 4 nitrogen and oxygen atoms in total. The Balaban J connectivity index is 1.91. The summed E-state index contributed by atoms with van der Waals surface area (Å²) >= 11 is 1.41. The molecule has 2 aromatic heterocycles. The number of hydrogen-bond donors (Lipinski definition) is 0. The third-order valence-electron chi connectivity index (χ3n) is 4.15. The van der Waals surface area contributed by atoms with Gasteiger partial charge in [0.2, 0.25) is 0 Å². The fraction of sp³-hybridized carbons (Fsp3) is 0.0952. The molecule has 1 amide bonds. The first-order valence-corrected chi connectivity index (χ1v) is 9.29. The van der Waals surface area contributed by atoms with E-state index in [0.717, 1.165) is 11.4 Å². The quantitative estimate of drug-likeness (QED) is 0.478. The normalized spacial score (nSPS) is 10.9. The van der Waals surface area contributed by atoms with Crippen molar-refractivity contribution in [3.05, 3.63) is 82.7 Å². The molecule has 0 saturated heterocycles. The van der Waals surface area contributed by atoms with Crippen molar-refractivity contribution >= 4 is 39.0 Å². The molecule has 2 heterocycles. The van der Waals surface area contributed by atoms with Crippen molar-refractivity contribution in [1.82, 2.24) is 9.97 Å². The van der Waals surface area contributed by atoms with Crippen molar-refractivity contribution in [2.75, 3.05) is 4.90 Å². The summed E-state index contributed by atoms with van der Waals surface area (Å²) in [5.74, 6) is -0.605. The molecule has 0 atom stereocenters. The molecule has 4 rings (SSSR count). The highest BCUT2D eigenvalue weighted by Crippen LogP contribution is 2.32. The molecule has 2 aromatic carbocycles. The summed E-state index contributed by atoms with van der Waals surface area (Å²) in [4.78, 5) is 24.0. The van der Waals surface area contributed by atoms with Gasteiger partial charge < -0.3 is 0 Å². The molecule has 0 aliphatic rings. The van der Waals surface area contributed by atoms with E-state index in [1.165, 1.54) is 23.5 Å². The molecule has 0 fully saturated rings. The lowest BCUT2D eigenvalue weighted by Gasteiger charge is -2.21. The summed E-state index contributed by atoms with van der Waals surface area (Å²) in [6.45, 7) is 3.68. The molecule has 0 aliphatic carbocycles. The van der Waals surface area contributed by atoms with Gasteiger partial charge >= 0.3 is 0 Å². The van der Waals surface area contributed by atoms with Crippen LogP contribution in [0, 0.1) is 19.7 Å². The number of amides is 1. The number of carbonyl (C=O) groups excluding carboxylic acids is 1. The van der Waals surface area contributed by atoms with Gasteiger partial charge in [-0.25, -0.2) is 9.37 Å². The number of nitrogens with zero attached hydrogens (tertiary/aromatic N) is 3. The Morgan fingerprint density at radius 3 is 2.48 bits per heavy atom. The van der Waals surface area contributed by atoms with E-state index in [-0.39, 0.29) is 11.7 Å². The largest absolute Gasteiger partial charge is 0.268 e. The lowest BCUT2D eigenvalue weighted by atomic mass is 10.1. The monoisotopic (exact) mass is 377 g/mol. The second-order valence-corrected chi connectivity index (χ2v) is 7.06. The van der Waals surface area contributed by atoms with E-state index in [9.17, 15) is 9.18 Å². The van der Waals surface area contributed by atoms with E-state index >= 15 is 0 Å². The number of carbonyl (C=O) groups is 1. The lowest BCUT2D eigenvalue weighted by Crippen LogP contribution is -2.26. The van der Waals surface area contributed by atoms with Gasteiger partial charge in [-0.05, 0) is 44.2 Å². The molecular weight excluding hydrogens is 361 g/mol. The molecule has 0 radical (unpaired) electrons. The summed E-state index contributed by atoms with van der Waals surface area (Å²) < 4.78 is 13.6. The highest BCUT2D eigenvalue weighted by Gasteiger charge is 2.24. The van der Waals surface area contributed by atoms with Gasteiger partial charge in [0.05, 0.1) is 22.5 Å². The van der Waals surface area contributed by atoms with Gasteiger partial charge in [-0.3, -0.25) is 14.7 Å². The Bertz CT molecular complexity index is 1140.